The van der Waals surface area contributed by atoms with Crippen LogP contribution >= 0.6 is 13.5 Å². The van der Waals surface area contributed by atoms with Crippen LogP contribution in [0.3, 0.4) is 0 Å². The van der Waals surface area contributed by atoms with Gasteiger partial charge in [-0.3, -0.25) is 10.1 Å². The Kier molecular flexibility index (Phi) is 24.3. The van der Waals surface area contributed by atoms with Crippen LogP contribution in [0.1, 0.15) is 2.85 Å². The van der Waals surface area contributed by atoms with Crippen molar-refractivity contribution >= 4 is 36.5 Å². The second-order valence-electron chi connectivity index (χ2n) is 0.440. The maximum atomic E-state index is 8.81. The van der Waals surface area contributed by atoms with Gasteiger partial charge in [-0.1, -0.05) is 0 Å². The zero-order valence-electron chi connectivity index (χ0n) is 5.47. The van der Waals surface area contributed by atoms with E-state index in [0.29, 0.717) is 0 Å². The van der Waals surface area contributed by atoms with Crippen molar-refractivity contribution in [1.82, 2.24) is 0 Å². The molecule has 3 nitrogen and oxygen atoms in total. The van der Waals surface area contributed by atoms with Crippen LogP contribution in [0, 0.1) is 10.1 Å². The van der Waals surface area contributed by atoms with Crippen LogP contribution in [0.5, 0.6) is 0 Å². The Morgan fingerprint density at radius 1 is 1.83 bits per heavy atom. The Balaban J connectivity index is -0.00000000750. The second-order valence-corrected chi connectivity index (χ2v) is 0.440. The van der Waals surface area contributed by atoms with Crippen molar-refractivity contribution in [2.24, 2.45) is 0 Å². The molecular weight excluding hydrogens is 114 g/mol. The molecule has 0 saturated carbocycles. The molecule has 0 aromatic heterocycles. The van der Waals surface area contributed by atoms with E-state index < -0.39 is 4.92 Å². The standard InChI is InChI=1S/CH3NO2.Mg.H2S.2H/c1-2(3)4;;;;/h1H3;;1H2;;/q;+2;;2*-1. The summed E-state index contributed by atoms with van der Waals surface area (Å²) >= 11 is 0. The van der Waals surface area contributed by atoms with Gasteiger partial charge in [0, 0.05) is 4.92 Å². The molecule has 0 aliphatic rings. The smallest absolute Gasteiger partial charge is 1.00 e. The Morgan fingerprint density at radius 2 is 1.83 bits per heavy atom. The van der Waals surface area contributed by atoms with Gasteiger partial charge in [0.05, 0.1) is 0 Å². The number of nitrogens with zero attached hydrogens (tertiary/aromatic N) is 1. The third-order valence-corrected chi connectivity index (χ3v) is 0. The summed E-state index contributed by atoms with van der Waals surface area (Å²) in [6.45, 7) is 0. The summed E-state index contributed by atoms with van der Waals surface area (Å²) in [7, 11) is 0.889. The van der Waals surface area contributed by atoms with E-state index in [2.05, 4.69) is 0 Å². The van der Waals surface area contributed by atoms with Crippen LogP contribution in [0.15, 0.2) is 0 Å². The third-order valence-electron chi connectivity index (χ3n) is 0. The van der Waals surface area contributed by atoms with Gasteiger partial charge >= 0.3 is 23.1 Å². The van der Waals surface area contributed by atoms with Gasteiger partial charge in [0.1, 0.15) is 0 Å². The quantitative estimate of drug-likeness (QED) is 0.254. The van der Waals surface area contributed by atoms with E-state index in [1.807, 2.05) is 0 Å². The Hall–Kier alpha value is 0.516. The average molecular weight is 121 g/mol. The zero-order valence-corrected chi connectivity index (χ0v) is 5.89. The minimum absolute atomic E-state index is 0. The summed E-state index contributed by atoms with van der Waals surface area (Å²) < 4.78 is 0. The fraction of sp³-hybridized carbons (Fsp3) is 1.00. The molecule has 0 N–H and O–H groups in total. The van der Waals surface area contributed by atoms with Crippen LogP contribution in [-0.2, 0) is 0 Å². The van der Waals surface area contributed by atoms with Gasteiger partial charge in [0.25, 0.3) is 0 Å². The van der Waals surface area contributed by atoms with Crippen LogP contribution in [-0.4, -0.2) is 35.0 Å². The molecule has 0 aliphatic carbocycles. The molecule has 0 rings (SSSR count). The van der Waals surface area contributed by atoms with E-state index in [9.17, 15) is 0 Å². The topological polar surface area (TPSA) is 43.1 Å². The molecule has 0 fully saturated rings. The molecule has 0 bridgehead atoms. The van der Waals surface area contributed by atoms with E-state index in [1.54, 1.807) is 0 Å². The Labute approximate surface area is 61.8 Å². The molecule has 0 unspecified atom stereocenters. The Bertz CT molecular complexity index is 43.0. The van der Waals surface area contributed by atoms with Crippen LogP contribution < -0.4 is 0 Å². The van der Waals surface area contributed by atoms with E-state index in [1.165, 1.54) is 0 Å². The molecular formula is CH7MgNO2S. The summed E-state index contributed by atoms with van der Waals surface area (Å²) in [6.07, 6.45) is 0. The minimum Gasteiger partial charge on any atom is -1.00 e. The second kappa shape index (κ2) is 9.10. The zero-order chi connectivity index (χ0) is 3.58. The predicted octanol–water partition coefficient (Wildman–Crippen LogP) is -0.150. The monoisotopic (exact) mass is 121 g/mol. The molecule has 0 aromatic carbocycles. The largest absolute Gasteiger partial charge is 2.00 e. The molecule has 0 radical (unpaired) electrons. The van der Waals surface area contributed by atoms with E-state index in [4.69, 9.17) is 10.1 Å². The van der Waals surface area contributed by atoms with E-state index >= 15 is 0 Å². The third kappa shape index (κ3) is 210. The van der Waals surface area contributed by atoms with Crippen LogP contribution in [0.2, 0.25) is 0 Å². The SMILES string of the molecule is C[N+](=O)[O-].S.[H-].[H-].[Mg+2]. The van der Waals surface area contributed by atoms with Crippen molar-refractivity contribution < 1.29 is 7.78 Å². The molecule has 36 valence electrons. The summed E-state index contributed by atoms with van der Waals surface area (Å²) in [5.41, 5.74) is 0. The van der Waals surface area contributed by atoms with Crippen LogP contribution in [0.4, 0.5) is 0 Å². The van der Waals surface area contributed by atoms with Crippen molar-refractivity contribution in [3.05, 3.63) is 10.1 Å². The minimum atomic E-state index is -0.500. The molecule has 6 heavy (non-hydrogen) atoms. The number of hydrogen-bond donors (Lipinski definition) is 0. The van der Waals surface area contributed by atoms with Gasteiger partial charge in [-0.25, -0.2) is 0 Å². The number of hydrogen-bond acceptors (Lipinski definition) is 2. The fourth-order valence-electron chi connectivity index (χ4n) is 0. The summed E-state index contributed by atoms with van der Waals surface area (Å²) in [5.74, 6) is 0. The van der Waals surface area contributed by atoms with Crippen LogP contribution in [0.25, 0.3) is 0 Å². The molecule has 0 aromatic rings. The summed E-state index contributed by atoms with van der Waals surface area (Å²) in [6, 6.07) is 0. The molecule has 0 atom stereocenters. The molecule has 0 heterocycles. The first-order valence-electron chi connectivity index (χ1n) is 0.812. The molecule has 0 aliphatic heterocycles. The maximum absolute atomic E-state index is 8.81. The molecule has 0 spiro atoms. The summed E-state index contributed by atoms with van der Waals surface area (Å²) in [5, 5.41) is 8.81. The van der Waals surface area contributed by atoms with Gasteiger partial charge in [-0.05, 0) is 0 Å². The maximum Gasteiger partial charge on any atom is 2.00 e. The number of rotatable bonds is 0. The van der Waals surface area contributed by atoms with Gasteiger partial charge in [0.2, 0.25) is 0 Å². The molecule has 0 amide bonds. The van der Waals surface area contributed by atoms with E-state index in [-0.39, 0.29) is 39.4 Å². The predicted molar refractivity (Wildman–Crippen MR) is 31.3 cm³/mol. The Morgan fingerprint density at radius 3 is 1.83 bits per heavy atom. The van der Waals surface area contributed by atoms with Crippen molar-refractivity contribution in [2.75, 3.05) is 7.05 Å². The first-order chi connectivity index (χ1) is 1.73. The van der Waals surface area contributed by atoms with Gasteiger partial charge in [-0.2, -0.15) is 13.5 Å². The molecule has 0 saturated heterocycles. The molecule has 5 heteroatoms. The van der Waals surface area contributed by atoms with Gasteiger partial charge in [-0.15, -0.1) is 0 Å². The van der Waals surface area contributed by atoms with Gasteiger partial charge in [0.15, 0.2) is 7.05 Å². The first kappa shape index (κ1) is 16.0. The van der Waals surface area contributed by atoms with Crippen molar-refractivity contribution in [3.8, 4) is 0 Å². The fourth-order valence-corrected chi connectivity index (χ4v) is 0. The summed E-state index contributed by atoms with van der Waals surface area (Å²) in [4.78, 5) is 8.31. The van der Waals surface area contributed by atoms with E-state index in [0.717, 1.165) is 7.05 Å². The van der Waals surface area contributed by atoms with Crippen molar-refractivity contribution in [1.29, 1.82) is 0 Å². The first-order valence-corrected chi connectivity index (χ1v) is 0.812. The average Bonchev–Trinajstić information content (AvgIpc) is 0.811. The van der Waals surface area contributed by atoms with Crippen molar-refractivity contribution in [3.63, 3.8) is 0 Å². The normalized spacial score (nSPS) is 4.17. The van der Waals surface area contributed by atoms with Crippen molar-refractivity contribution in [2.45, 2.75) is 0 Å². The van der Waals surface area contributed by atoms with Gasteiger partial charge < -0.3 is 2.85 Å². The number of nitro groups is 1.